The van der Waals surface area contributed by atoms with Gasteiger partial charge in [0.1, 0.15) is 35.5 Å². The summed E-state index contributed by atoms with van der Waals surface area (Å²) in [5.74, 6) is 2.73. The lowest BCUT2D eigenvalue weighted by atomic mass is 9.94. The molecule has 6 heterocycles. The second kappa shape index (κ2) is 14.3. The van der Waals surface area contributed by atoms with E-state index in [2.05, 4.69) is 94.7 Å². The van der Waals surface area contributed by atoms with Crippen LogP contribution in [0, 0.1) is 13.7 Å². The van der Waals surface area contributed by atoms with Crippen molar-refractivity contribution >= 4 is 44.6 Å². The molecule has 0 spiro atoms. The molecular weight excluding hydrogens is 761 g/mol. The number of para-hydroxylation sites is 3. The van der Waals surface area contributed by atoms with Crippen LogP contribution in [-0.2, 0) is 0 Å². The lowest BCUT2D eigenvalue weighted by Crippen LogP contribution is -2.25. The number of benzene rings is 8. The number of pyridine rings is 1. The third kappa shape index (κ3) is 5.99. The van der Waals surface area contributed by atoms with Crippen LogP contribution in [-0.4, -0.2) is 16.2 Å². The standard InChI is InChI=1S/C56H40N4O2/c1-36-21-28-51-49(29-36)48-27-26-45-33-54(48)60(51)55-30-37(2)50(34-57-55)39-22-24-42(25-23-39)61-43-15-8-13-40(31-43)47-18-10-17-46(38-11-4-3-5-12-38)56(47)59-35-58(52-19-6-7-20-53(52)59)41-14-9-16-44(32-41)62-45/h3-34H,35H2,1-2H3/i1D3,2D3. The molecule has 0 radical (unpaired) electrons. The molecule has 12 bridgehead atoms. The molecule has 6 nitrogen and oxygen atoms in total. The Kier molecular flexibility index (Phi) is 6.91. The second-order valence-corrected chi connectivity index (χ2v) is 15.6. The molecule has 0 fully saturated rings. The summed E-state index contributed by atoms with van der Waals surface area (Å²) in [6, 6.07) is 61.1. The maximum Gasteiger partial charge on any atom is 0.137 e. The Labute approximate surface area is 368 Å². The fraction of sp³-hybridized carbons (Fsp3) is 0.0536. The monoisotopic (exact) mass is 806 g/mol. The first kappa shape index (κ1) is 30.0. The fourth-order valence-electron chi connectivity index (χ4n) is 9.07. The van der Waals surface area contributed by atoms with Crippen molar-refractivity contribution in [3.05, 3.63) is 205 Å². The summed E-state index contributed by atoms with van der Waals surface area (Å²) < 4.78 is 65.9. The van der Waals surface area contributed by atoms with Crippen LogP contribution in [0.2, 0.25) is 0 Å². The summed E-state index contributed by atoms with van der Waals surface area (Å²) in [5.41, 5.74) is 11.0. The van der Waals surface area contributed by atoms with Gasteiger partial charge in [-0.1, -0.05) is 103 Å². The van der Waals surface area contributed by atoms with Crippen LogP contribution in [0.1, 0.15) is 19.4 Å². The molecule has 4 aliphatic heterocycles. The number of hydrogen-bond donors (Lipinski definition) is 0. The highest BCUT2D eigenvalue weighted by Gasteiger charge is 2.31. The lowest BCUT2D eigenvalue weighted by molar-refractivity contribution is 0.483. The minimum Gasteiger partial charge on any atom is -0.457 e. The van der Waals surface area contributed by atoms with Crippen molar-refractivity contribution in [2.24, 2.45) is 0 Å². The molecule has 0 N–H and O–H groups in total. The number of anilines is 4. The zero-order chi connectivity index (χ0) is 46.3. The SMILES string of the molecule is [2H]C([2H])([2H])c1ccc2c(c1)c1ccc3cc1n2-c1cc(C([2H])([2H])[2H])c(cn1)-c1ccc(cc1)Oc1cccc(c1)-c1cccc(-c2ccccc2)c1N1CN(c2cccc(c2)O3)c2ccccc21. The first-order chi connectivity index (χ1) is 32.9. The number of aromatic nitrogens is 2. The summed E-state index contributed by atoms with van der Waals surface area (Å²) >= 11 is 0. The molecule has 62 heavy (non-hydrogen) atoms. The van der Waals surface area contributed by atoms with E-state index >= 15 is 0 Å². The van der Waals surface area contributed by atoms with E-state index in [9.17, 15) is 0 Å². The van der Waals surface area contributed by atoms with Gasteiger partial charge >= 0.3 is 0 Å². The van der Waals surface area contributed by atoms with Gasteiger partial charge in [0.25, 0.3) is 0 Å². The molecule has 0 amide bonds. The topological polar surface area (TPSA) is 42.8 Å². The van der Waals surface area contributed by atoms with E-state index < -0.39 is 13.7 Å². The third-order valence-corrected chi connectivity index (χ3v) is 11.9. The van der Waals surface area contributed by atoms with Gasteiger partial charge in [0.2, 0.25) is 0 Å². The summed E-state index contributed by atoms with van der Waals surface area (Å²) in [4.78, 5) is 9.58. The van der Waals surface area contributed by atoms with Crippen molar-refractivity contribution in [1.29, 1.82) is 0 Å². The van der Waals surface area contributed by atoms with Crippen molar-refractivity contribution in [3.63, 3.8) is 0 Å². The number of ether oxygens (including phenoxy) is 2. The lowest BCUT2D eigenvalue weighted by Gasteiger charge is -2.27. The molecule has 2 aromatic heterocycles. The minimum absolute atomic E-state index is 0.114. The molecule has 0 unspecified atom stereocenters. The van der Waals surface area contributed by atoms with Crippen molar-refractivity contribution in [2.45, 2.75) is 13.7 Å². The molecule has 0 atom stereocenters. The maximum absolute atomic E-state index is 8.72. The molecule has 10 aromatic rings. The van der Waals surface area contributed by atoms with E-state index in [1.165, 1.54) is 0 Å². The van der Waals surface area contributed by atoms with Crippen LogP contribution in [0.4, 0.5) is 22.7 Å². The van der Waals surface area contributed by atoms with Crippen LogP contribution in [0.5, 0.6) is 23.0 Å². The zero-order valence-corrected chi connectivity index (χ0v) is 33.3. The molecule has 4 aliphatic rings. The van der Waals surface area contributed by atoms with Gasteiger partial charge in [-0.2, -0.15) is 0 Å². The normalized spacial score (nSPS) is 14.6. The molecule has 0 aliphatic carbocycles. The van der Waals surface area contributed by atoms with Crippen LogP contribution < -0.4 is 19.3 Å². The average Bonchev–Trinajstić information content (AvgIpc) is 3.89. The van der Waals surface area contributed by atoms with Gasteiger partial charge in [-0.15, -0.1) is 0 Å². The van der Waals surface area contributed by atoms with Crippen LogP contribution in [0.15, 0.2) is 194 Å². The van der Waals surface area contributed by atoms with Gasteiger partial charge in [-0.3, -0.25) is 4.57 Å². The smallest absolute Gasteiger partial charge is 0.137 e. The number of fused-ring (bicyclic) bond motifs is 5. The Morgan fingerprint density at radius 1 is 0.484 bits per heavy atom. The van der Waals surface area contributed by atoms with Crippen LogP contribution >= 0.6 is 0 Å². The Balaban J connectivity index is 1.08. The summed E-state index contributed by atoms with van der Waals surface area (Å²) in [6.45, 7) is -4.34. The first-order valence-electron chi connectivity index (χ1n) is 23.5. The molecule has 0 saturated heterocycles. The molecular formula is C56H40N4O2. The highest BCUT2D eigenvalue weighted by molar-refractivity contribution is 6.10. The highest BCUT2D eigenvalue weighted by atomic mass is 16.5. The van der Waals surface area contributed by atoms with Gasteiger partial charge in [0.05, 0.1) is 28.1 Å². The average molecular weight is 807 g/mol. The Bertz CT molecular complexity index is 3610. The van der Waals surface area contributed by atoms with Crippen LogP contribution in [0.3, 0.4) is 0 Å². The van der Waals surface area contributed by atoms with Crippen molar-refractivity contribution < 1.29 is 17.7 Å². The predicted octanol–water partition coefficient (Wildman–Crippen LogP) is 14.9. The van der Waals surface area contributed by atoms with E-state index in [4.69, 9.17) is 22.7 Å². The quantitative estimate of drug-likeness (QED) is 0.165. The highest BCUT2D eigenvalue weighted by Crippen LogP contribution is 2.51. The Morgan fingerprint density at radius 3 is 2.02 bits per heavy atom. The maximum atomic E-state index is 8.72. The predicted molar refractivity (Wildman–Crippen MR) is 253 cm³/mol. The van der Waals surface area contributed by atoms with Crippen LogP contribution in [0.25, 0.3) is 61.0 Å². The minimum atomic E-state index is -2.51. The van der Waals surface area contributed by atoms with Gasteiger partial charge in [-0.05, 0) is 115 Å². The second-order valence-electron chi connectivity index (χ2n) is 15.6. The summed E-state index contributed by atoms with van der Waals surface area (Å²) in [6.07, 6.45) is 1.59. The molecule has 14 rings (SSSR count). The van der Waals surface area contributed by atoms with Crippen molar-refractivity contribution in [1.82, 2.24) is 9.55 Å². The molecule has 8 aromatic carbocycles. The number of hydrogen-bond acceptors (Lipinski definition) is 5. The van der Waals surface area contributed by atoms with E-state index in [-0.39, 0.29) is 11.1 Å². The molecule has 296 valence electrons. The van der Waals surface area contributed by atoms with E-state index in [1.54, 1.807) is 30.5 Å². The van der Waals surface area contributed by atoms with Gasteiger partial charge in [0.15, 0.2) is 0 Å². The summed E-state index contributed by atoms with van der Waals surface area (Å²) in [7, 11) is 0. The number of rotatable bonds is 1. The number of aryl methyl sites for hydroxylation is 2. The summed E-state index contributed by atoms with van der Waals surface area (Å²) in [5, 5.41) is 1.45. The fourth-order valence-corrected chi connectivity index (χ4v) is 9.07. The largest absolute Gasteiger partial charge is 0.457 e. The van der Waals surface area contributed by atoms with Gasteiger partial charge < -0.3 is 19.3 Å². The first-order valence-corrected chi connectivity index (χ1v) is 20.5. The van der Waals surface area contributed by atoms with Crippen molar-refractivity contribution in [2.75, 3.05) is 16.5 Å². The van der Waals surface area contributed by atoms with Gasteiger partial charge in [-0.25, -0.2) is 4.98 Å². The van der Waals surface area contributed by atoms with E-state index in [0.717, 1.165) is 50.4 Å². The van der Waals surface area contributed by atoms with Gasteiger partial charge in [0, 0.05) is 59.7 Å². The Morgan fingerprint density at radius 2 is 1.18 bits per heavy atom. The number of nitrogens with zero attached hydrogens (tertiary/aromatic N) is 4. The van der Waals surface area contributed by atoms with Crippen molar-refractivity contribution in [3.8, 4) is 62.2 Å². The molecule has 6 heteroatoms. The Hall–Kier alpha value is -8.09. The third-order valence-electron chi connectivity index (χ3n) is 11.9. The van der Waals surface area contributed by atoms with E-state index in [0.29, 0.717) is 63.0 Å². The van der Waals surface area contributed by atoms with E-state index in [1.807, 2.05) is 83.4 Å². The zero-order valence-electron chi connectivity index (χ0n) is 39.3. The molecule has 0 saturated carbocycles.